The number of hydrogen-bond donors (Lipinski definition) is 0. The Kier molecular flexibility index (Phi) is 5.41. The van der Waals surface area contributed by atoms with Gasteiger partial charge in [0.1, 0.15) is 11.5 Å². The van der Waals surface area contributed by atoms with Gasteiger partial charge in [0.05, 0.1) is 0 Å². The van der Waals surface area contributed by atoms with E-state index in [1.54, 1.807) is 0 Å². The van der Waals surface area contributed by atoms with Crippen LogP contribution in [0, 0.1) is 0 Å². The summed E-state index contributed by atoms with van der Waals surface area (Å²) in [5.41, 5.74) is 5.06. The molecule has 0 spiro atoms. The molecule has 0 bridgehead atoms. The number of aromatic nitrogens is 3. The first kappa shape index (κ1) is 25.4. The molecule has 9 aromatic rings. The molecule has 0 unspecified atom stereocenters. The van der Waals surface area contributed by atoms with Crippen molar-refractivity contribution < 1.29 is 4.74 Å². The Morgan fingerprint density at radius 2 is 1.00 bits per heavy atom. The van der Waals surface area contributed by atoms with Crippen LogP contribution in [0.1, 0.15) is 0 Å². The minimum Gasteiger partial charge on any atom is -0.456 e. The van der Waals surface area contributed by atoms with E-state index in [-0.39, 0.29) is 0 Å². The predicted molar refractivity (Wildman–Crippen MR) is 190 cm³/mol. The summed E-state index contributed by atoms with van der Waals surface area (Å²) in [6.45, 7) is 0. The molecular formula is C41H23N3OS. The zero-order valence-electron chi connectivity index (χ0n) is 24.4. The van der Waals surface area contributed by atoms with Gasteiger partial charge in [-0.1, -0.05) is 103 Å². The molecule has 0 saturated heterocycles. The standard InChI is InChI=1S/C41H23N3OS/c1-3-11-24(12-4-1)39-42-40(25-13-5-2-6-14-25)44-41(43-39)31-22-27-16-8-7-15-26(27)21-29(31)30-23-35-38-36-28(30)17-9-18-32(36)45-33-19-10-20-34(46-35)37(33)38/h1-23H. The monoisotopic (exact) mass is 605 g/mol. The summed E-state index contributed by atoms with van der Waals surface area (Å²) < 4.78 is 9.00. The summed E-state index contributed by atoms with van der Waals surface area (Å²) in [7, 11) is 0. The van der Waals surface area contributed by atoms with Gasteiger partial charge in [-0.05, 0) is 63.7 Å². The van der Waals surface area contributed by atoms with Gasteiger partial charge in [-0.25, -0.2) is 15.0 Å². The number of benzene rings is 7. The zero-order valence-corrected chi connectivity index (χ0v) is 25.3. The van der Waals surface area contributed by atoms with Crippen LogP contribution in [0.15, 0.2) is 140 Å². The van der Waals surface area contributed by atoms with Crippen LogP contribution in [0.2, 0.25) is 0 Å². The van der Waals surface area contributed by atoms with Crippen LogP contribution < -0.4 is 4.74 Å². The lowest BCUT2D eigenvalue weighted by molar-refractivity contribution is 0.493. The van der Waals surface area contributed by atoms with Crippen LogP contribution in [0.4, 0.5) is 0 Å². The predicted octanol–water partition coefficient (Wildman–Crippen LogP) is 11.3. The van der Waals surface area contributed by atoms with Crippen LogP contribution in [0.25, 0.3) is 87.0 Å². The van der Waals surface area contributed by atoms with Crippen molar-refractivity contribution in [1.29, 1.82) is 0 Å². The number of hydrogen-bond acceptors (Lipinski definition) is 5. The molecule has 0 saturated carbocycles. The zero-order chi connectivity index (χ0) is 30.2. The lowest BCUT2D eigenvalue weighted by Gasteiger charge is -2.19. The quantitative estimate of drug-likeness (QED) is 0.200. The number of rotatable bonds is 4. The third-order valence-corrected chi connectivity index (χ3v) is 9.98. The van der Waals surface area contributed by atoms with E-state index in [0.29, 0.717) is 17.5 Å². The molecule has 1 aliphatic rings. The molecule has 214 valence electrons. The van der Waals surface area contributed by atoms with E-state index in [1.165, 1.54) is 20.2 Å². The normalized spacial score (nSPS) is 12.1. The van der Waals surface area contributed by atoms with Crippen molar-refractivity contribution in [3.63, 3.8) is 0 Å². The molecule has 0 fully saturated rings. The van der Waals surface area contributed by atoms with Crippen LogP contribution >= 0.6 is 11.3 Å². The fourth-order valence-corrected chi connectivity index (χ4v) is 7.97. The van der Waals surface area contributed by atoms with E-state index in [2.05, 4.69) is 78.9 Å². The van der Waals surface area contributed by atoms with E-state index in [9.17, 15) is 0 Å². The Balaban J connectivity index is 1.32. The molecule has 46 heavy (non-hydrogen) atoms. The van der Waals surface area contributed by atoms with Crippen molar-refractivity contribution in [1.82, 2.24) is 15.0 Å². The molecular weight excluding hydrogens is 583 g/mol. The first-order chi connectivity index (χ1) is 22.8. The van der Waals surface area contributed by atoms with Crippen molar-refractivity contribution in [3.05, 3.63) is 140 Å². The van der Waals surface area contributed by atoms with Crippen molar-refractivity contribution >= 4 is 53.1 Å². The van der Waals surface area contributed by atoms with E-state index in [0.717, 1.165) is 60.9 Å². The minimum atomic E-state index is 0.639. The Morgan fingerprint density at radius 3 is 1.70 bits per heavy atom. The average molecular weight is 606 g/mol. The van der Waals surface area contributed by atoms with Crippen LogP contribution in [-0.2, 0) is 0 Å². The lowest BCUT2D eigenvalue weighted by Crippen LogP contribution is -2.01. The van der Waals surface area contributed by atoms with Crippen LogP contribution in [0.3, 0.4) is 0 Å². The largest absolute Gasteiger partial charge is 0.456 e. The lowest BCUT2D eigenvalue weighted by atomic mass is 9.89. The maximum Gasteiger partial charge on any atom is 0.164 e. The van der Waals surface area contributed by atoms with E-state index >= 15 is 0 Å². The third kappa shape index (κ3) is 3.82. The van der Waals surface area contributed by atoms with Gasteiger partial charge in [0.15, 0.2) is 17.5 Å². The third-order valence-electron chi connectivity index (χ3n) is 8.88. The first-order valence-corrected chi connectivity index (χ1v) is 16.1. The summed E-state index contributed by atoms with van der Waals surface area (Å²) in [6, 6.07) is 48.4. The van der Waals surface area contributed by atoms with Crippen molar-refractivity contribution in [2.75, 3.05) is 0 Å². The Morgan fingerprint density at radius 1 is 0.413 bits per heavy atom. The van der Waals surface area contributed by atoms with E-state index in [4.69, 9.17) is 19.7 Å². The van der Waals surface area contributed by atoms with Gasteiger partial charge in [0, 0.05) is 42.2 Å². The molecule has 7 aromatic carbocycles. The van der Waals surface area contributed by atoms with Crippen molar-refractivity contribution in [2.45, 2.75) is 0 Å². The molecule has 1 aliphatic heterocycles. The Bertz CT molecular complexity index is 2610. The van der Waals surface area contributed by atoms with E-state index in [1.807, 2.05) is 72.0 Å². The van der Waals surface area contributed by atoms with E-state index < -0.39 is 0 Å². The Hall–Kier alpha value is -5.91. The highest BCUT2D eigenvalue weighted by Gasteiger charge is 2.25. The molecule has 0 amide bonds. The summed E-state index contributed by atoms with van der Waals surface area (Å²) in [5, 5.41) is 7.07. The summed E-state index contributed by atoms with van der Waals surface area (Å²) >= 11 is 1.82. The maximum atomic E-state index is 6.52. The molecule has 4 nitrogen and oxygen atoms in total. The second-order valence-electron chi connectivity index (χ2n) is 11.6. The fourth-order valence-electron chi connectivity index (χ4n) is 6.80. The second-order valence-corrected chi connectivity index (χ2v) is 12.7. The number of thiophene rings is 1. The first-order valence-electron chi connectivity index (χ1n) is 15.3. The van der Waals surface area contributed by atoms with Gasteiger partial charge in [-0.3, -0.25) is 0 Å². The molecule has 0 N–H and O–H groups in total. The SMILES string of the molecule is c1ccc(-c2nc(-c3ccccc3)nc(-c3cc4ccccc4cc3-c3cc4sc5cccc6c5c4c4c(cccc34)O6)n2)cc1. The molecule has 10 rings (SSSR count). The fraction of sp³-hybridized carbons (Fsp3) is 0. The highest BCUT2D eigenvalue weighted by molar-refractivity contribution is 7.26. The topological polar surface area (TPSA) is 47.9 Å². The van der Waals surface area contributed by atoms with Crippen molar-refractivity contribution in [3.8, 4) is 56.8 Å². The van der Waals surface area contributed by atoms with Crippen LogP contribution in [-0.4, -0.2) is 15.0 Å². The average Bonchev–Trinajstić information content (AvgIpc) is 3.51. The van der Waals surface area contributed by atoms with Gasteiger partial charge in [-0.15, -0.1) is 11.3 Å². The van der Waals surface area contributed by atoms with Gasteiger partial charge in [-0.2, -0.15) is 0 Å². The number of ether oxygens (including phenoxy) is 1. The number of fused-ring (bicyclic) bond motifs is 1. The molecule has 0 atom stereocenters. The Labute approximate surface area is 268 Å². The van der Waals surface area contributed by atoms with Gasteiger partial charge >= 0.3 is 0 Å². The summed E-state index contributed by atoms with van der Waals surface area (Å²) in [4.78, 5) is 15.3. The molecule has 0 aliphatic carbocycles. The smallest absolute Gasteiger partial charge is 0.164 e. The number of nitrogens with zero attached hydrogens (tertiary/aromatic N) is 3. The second kappa shape index (κ2) is 9.80. The summed E-state index contributed by atoms with van der Waals surface area (Å²) in [5.74, 6) is 3.75. The van der Waals surface area contributed by atoms with Gasteiger partial charge < -0.3 is 4.74 Å². The van der Waals surface area contributed by atoms with Gasteiger partial charge in [0.25, 0.3) is 0 Å². The van der Waals surface area contributed by atoms with Crippen molar-refractivity contribution in [2.24, 2.45) is 0 Å². The maximum absolute atomic E-state index is 6.52. The summed E-state index contributed by atoms with van der Waals surface area (Å²) in [6.07, 6.45) is 0. The molecule has 3 heterocycles. The molecule has 2 aromatic heterocycles. The molecule has 5 heteroatoms. The van der Waals surface area contributed by atoms with Crippen LogP contribution in [0.5, 0.6) is 11.5 Å². The van der Waals surface area contributed by atoms with Gasteiger partial charge in [0.2, 0.25) is 0 Å². The molecule has 0 radical (unpaired) electrons. The highest BCUT2D eigenvalue weighted by atomic mass is 32.1. The minimum absolute atomic E-state index is 0.639. The highest BCUT2D eigenvalue weighted by Crippen LogP contribution is 2.53.